The summed E-state index contributed by atoms with van der Waals surface area (Å²) in [5.41, 5.74) is 1.34. The first-order chi connectivity index (χ1) is 10.3. The lowest BCUT2D eigenvalue weighted by Crippen LogP contribution is -2.19. The van der Waals surface area contributed by atoms with Crippen LogP contribution in [0.5, 0.6) is 5.75 Å². The number of hydrogen-bond donors (Lipinski definition) is 0. The van der Waals surface area contributed by atoms with Crippen molar-refractivity contribution < 1.29 is 4.74 Å². The fourth-order valence-electron chi connectivity index (χ4n) is 2.59. The Hall–Kier alpha value is -1.11. The third-order valence-corrected chi connectivity index (χ3v) is 6.92. The number of hydrogen-bond acceptors (Lipinski definition) is 6. The van der Waals surface area contributed by atoms with E-state index in [9.17, 15) is 0 Å². The number of methoxy groups -OCH3 is 1. The first kappa shape index (κ1) is 13.5. The molecule has 3 nitrogen and oxygen atoms in total. The van der Waals surface area contributed by atoms with Crippen LogP contribution in [0, 0.1) is 0 Å². The lowest BCUT2D eigenvalue weighted by Gasteiger charge is -2.15. The van der Waals surface area contributed by atoms with Gasteiger partial charge in [0.25, 0.3) is 0 Å². The second-order valence-electron chi connectivity index (χ2n) is 4.77. The highest BCUT2D eigenvalue weighted by Gasteiger charge is 2.33. The maximum atomic E-state index is 5.33. The number of ether oxygens (including phenoxy) is 1. The summed E-state index contributed by atoms with van der Waals surface area (Å²) in [6.07, 6.45) is 2.14. The van der Waals surface area contributed by atoms with Crippen molar-refractivity contribution in [2.24, 2.45) is 4.99 Å². The van der Waals surface area contributed by atoms with E-state index in [2.05, 4.69) is 34.3 Å². The SMILES string of the molecule is COc1ccc2cc(C3=C(SC)SC4=NCCN43)sc2c1. The second kappa shape index (κ2) is 5.26. The largest absolute Gasteiger partial charge is 0.497 e. The molecule has 0 spiro atoms. The van der Waals surface area contributed by atoms with Gasteiger partial charge < -0.3 is 9.64 Å². The minimum absolute atomic E-state index is 0.909. The number of benzene rings is 1. The van der Waals surface area contributed by atoms with Gasteiger partial charge in [0.2, 0.25) is 0 Å². The Bertz CT molecular complexity index is 778. The number of thioether (sulfide) groups is 2. The summed E-state index contributed by atoms with van der Waals surface area (Å²) >= 11 is 5.44. The molecule has 2 aliphatic rings. The van der Waals surface area contributed by atoms with E-state index < -0.39 is 0 Å². The van der Waals surface area contributed by atoms with Gasteiger partial charge in [-0.2, -0.15) is 0 Å². The summed E-state index contributed by atoms with van der Waals surface area (Å²) in [6, 6.07) is 8.56. The van der Waals surface area contributed by atoms with Crippen molar-refractivity contribution >= 4 is 55.8 Å². The van der Waals surface area contributed by atoms with Crippen molar-refractivity contribution in [3.05, 3.63) is 33.4 Å². The molecule has 0 saturated carbocycles. The molecule has 0 amide bonds. The van der Waals surface area contributed by atoms with E-state index in [1.807, 2.05) is 29.2 Å². The first-order valence-corrected chi connectivity index (χ1v) is 9.52. The third kappa shape index (κ3) is 2.17. The first-order valence-electron chi connectivity index (χ1n) is 6.66. The number of thiophene rings is 1. The van der Waals surface area contributed by atoms with Gasteiger partial charge in [0, 0.05) is 11.2 Å². The topological polar surface area (TPSA) is 24.8 Å². The summed E-state index contributed by atoms with van der Waals surface area (Å²) < 4.78 is 7.95. The lowest BCUT2D eigenvalue weighted by atomic mass is 10.2. The maximum Gasteiger partial charge on any atom is 0.169 e. The number of amidine groups is 1. The van der Waals surface area contributed by atoms with Crippen LogP contribution in [-0.2, 0) is 0 Å². The number of fused-ring (bicyclic) bond motifs is 2. The van der Waals surface area contributed by atoms with E-state index in [-0.39, 0.29) is 0 Å². The van der Waals surface area contributed by atoms with Gasteiger partial charge in [-0.05, 0) is 47.7 Å². The van der Waals surface area contributed by atoms with Gasteiger partial charge in [-0.1, -0.05) is 0 Å². The summed E-state index contributed by atoms with van der Waals surface area (Å²) in [4.78, 5) is 8.27. The molecule has 2 aliphatic heterocycles. The Morgan fingerprint density at radius 3 is 3.05 bits per heavy atom. The van der Waals surface area contributed by atoms with Crippen LogP contribution in [0.1, 0.15) is 4.88 Å². The molecule has 0 N–H and O–H groups in total. The predicted octanol–water partition coefficient (Wildman–Crippen LogP) is 4.32. The van der Waals surface area contributed by atoms with Gasteiger partial charge in [-0.3, -0.25) is 4.99 Å². The van der Waals surface area contributed by atoms with Crippen molar-refractivity contribution in [1.29, 1.82) is 0 Å². The van der Waals surface area contributed by atoms with Crippen molar-refractivity contribution in [1.82, 2.24) is 4.90 Å². The van der Waals surface area contributed by atoms with Gasteiger partial charge in [0.15, 0.2) is 5.17 Å². The molecule has 1 aromatic carbocycles. The minimum Gasteiger partial charge on any atom is -0.497 e. The van der Waals surface area contributed by atoms with Gasteiger partial charge >= 0.3 is 0 Å². The number of rotatable bonds is 3. The molecule has 0 bridgehead atoms. The molecule has 2 aromatic rings. The number of nitrogens with zero attached hydrogens (tertiary/aromatic N) is 2. The van der Waals surface area contributed by atoms with E-state index in [0.29, 0.717) is 0 Å². The minimum atomic E-state index is 0.909. The molecule has 3 heterocycles. The Labute approximate surface area is 136 Å². The highest BCUT2D eigenvalue weighted by molar-refractivity contribution is 8.30. The molecule has 0 aliphatic carbocycles. The van der Waals surface area contributed by atoms with Crippen LogP contribution in [0.15, 0.2) is 33.5 Å². The standard InChI is InChI=1S/C15H14N2OS3/c1-18-10-4-3-9-7-12(20-11(9)8-10)13-14(19-2)21-15-16-5-6-17(13)15/h3-4,7-8H,5-6H2,1-2H3. The van der Waals surface area contributed by atoms with E-state index in [4.69, 9.17) is 4.74 Å². The average molecular weight is 334 g/mol. The van der Waals surface area contributed by atoms with Gasteiger partial charge in [-0.25, -0.2) is 0 Å². The molecule has 0 fully saturated rings. The fourth-order valence-corrected chi connectivity index (χ4v) is 5.77. The fraction of sp³-hybridized carbons (Fsp3) is 0.267. The third-order valence-electron chi connectivity index (χ3n) is 3.59. The normalized spacial score (nSPS) is 17.6. The second-order valence-corrected chi connectivity index (χ2v) is 7.91. The zero-order valence-electron chi connectivity index (χ0n) is 11.8. The molecule has 1 aromatic heterocycles. The molecule has 0 atom stereocenters. The maximum absolute atomic E-state index is 5.33. The molecule has 21 heavy (non-hydrogen) atoms. The molecule has 0 radical (unpaired) electrons. The average Bonchev–Trinajstić information content (AvgIpc) is 3.18. The van der Waals surface area contributed by atoms with E-state index in [0.717, 1.165) is 24.0 Å². The van der Waals surface area contributed by atoms with Gasteiger partial charge in [-0.15, -0.1) is 23.1 Å². The smallest absolute Gasteiger partial charge is 0.169 e. The Balaban J connectivity index is 1.83. The van der Waals surface area contributed by atoms with Crippen LogP contribution in [0.25, 0.3) is 15.8 Å². The monoisotopic (exact) mass is 334 g/mol. The zero-order valence-corrected chi connectivity index (χ0v) is 14.2. The molecule has 0 saturated heterocycles. The predicted molar refractivity (Wildman–Crippen MR) is 95.4 cm³/mol. The zero-order chi connectivity index (χ0) is 14.4. The van der Waals surface area contributed by atoms with Crippen molar-refractivity contribution in [2.45, 2.75) is 0 Å². The van der Waals surface area contributed by atoms with Crippen LogP contribution >= 0.6 is 34.9 Å². The van der Waals surface area contributed by atoms with E-state index >= 15 is 0 Å². The molecule has 4 rings (SSSR count). The summed E-state index contributed by atoms with van der Waals surface area (Å²) in [7, 11) is 1.71. The van der Waals surface area contributed by atoms with Crippen molar-refractivity contribution in [3.63, 3.8) is 0 Å². The summed E-state index contributed by atoms with van der Waals surface area (Å²) in [5.74, 6) is 0.916. The molecule has 0 unspecified atom stereocenters. The summed E-state index contributed by atoms with van der Waals surface area (Å²) in [5, 5.41) is 2.43. The summed E-state index contributed by atoms with van der Waals surface area (Å²) in [6.45, 7) is 1.91. The Morgan fingerprint density at radius 1 is 1.33 bits per heavy atom. The molecular formula is C15H14N2OS3. The van der Waals surface area contributed by atoms with Crippen molar-refractivity contribution in [2.75, 3.05) is 26.5 Å². The lowest BCUT2D eigenvalue weighted by molar-refractivity contribution is 0.415. The van der Waals surface area contributed by atoms with Gasteiger partial charge in [0.1, 0.15) is 5.75 Å². The van der Waals surface area contributed by atoms with E-state index in [1.54, 1.807) is 18.9 Å². The number of aliphatic imine (C=N–C) groups is 1. The van der Waals surface area contributed by atoms with Crippen LogP contribution < -0.4 is 4.74 Å². The van der Waals surface area contributed by atoms with Crippen LogP contribution in [0.4, 0.5) is 0 Å². The van der Waals surface area contributed by atoms with E-state index in [1.165, 1.54) is 24.9 Å². The molecule has 6 heteroatoms. The van der Waals surface area contributed by atoms with Crippen molar-refractivity contribution in [3.8, 4) is 5.75 Å². The highest BCUT2D eigenvalue weighted by Crippen LogP contribution is 2.48. The molecule has 108 valence electrons. The van der Waals surface area contributed by atoms with Crippen LogP contribution in [0.2, 0.25) is 0 Å². The van der Waals surface area contributed by atoms with Crippen LogP contribution in [0.3, 0.4) is 0 Å². The molecular weight excluding hydrogens is 320 g/mol. The Kier molecular flexibility index (Phi) is 3.40. The quantitative estimate of drug-likeness (QED) is 0.835. The van der Waals surface area contributed by atoms with Gasteiger partial charge in [0.05, 0.1) is 28.5 Å². The Morgan fingerprint density at radius 2 is 2.24 bits per heavy atom. The van der Waals surface area contributed by atoms with Crippen LogP contribution in [-0.4, -0.2) is 36.5 Å². The highest BCUT2D eigenvalue weighted by atomic mass is 32.2.